The predicted molar refractivity (Wildman–Crippen MR) is 80.9 cm³/mol. The van der Waals surface area contributed by atoms with E-state index >= 15 is 0 Å². The van der Waals surface area contributed by atoms with E-state index in [4.69, 9.17) is 4.74 Å². The molecule has 1 saturated carbocycles. The van der Waals surface area contributed by atoms with Crippen molar-refractivity contribution in [3.63, 3.8) is 0 Å². The molecule has 1 fully saturated rings. The molecule has 0 spiro atoms. The van der Waals surface area contributed by atoms with Gasteiger partial charge in [0.25, 0.3) is 0 Å². The minimum atomic E-state index is -0.672. The van der Waals surface area contributed by atoms with Gasteiger partial charge in [-0.2, -0.15) is 0 Å². The Labute approximate surface area is 119 Å². The van der Waals surface area contributed by atoms with Crippen molar-refractivity contribution in [2.75, 3.05) is 0 Å². The quantitative estimate of drug-likeness (QED) is 0.756. The highest BCUT2D eigenvalue weighted by atomic mass is 16.6. The lowest BCUT2D eigenvalue weighted by Gasteiger charge is -2.42. The first-order valence-corrected chi connectivity index (χ1v) is 7.90. The van der Waals surface area contributed by atoms with Crippen molar-refractivity contribution in [2.45, 2.75) is 86.0 Å². The van der Waals surface area contributed by atoms with Crippen molar-refractivity contribution >= 4 is 0 Å². The Morgan fingerprint density at radius 1 is 1.00 bits per heavy atom. The van der Waals surface area contributed by atoms with Gasteiger partial charge in [-0.25, -0.2) is 0 Å². The molecule has 0 bridgehead atoms. The van der Waals surface area contributed by atoms with E-state index < -0.39 is 6.29 Å². The summed E-state index contributed by atoms with van der Waals surface area (Å²) in [5, 5.41) is 10.3. The maximum atomic E-state index is 10.3. The summed E-state index contributed by atoms with van der Waals surface area (Å²) in [5.74, 6) is 1.56. The lowest BCUT2D eigenvalue weighted by Crippen LogP contribution is -2.43. The SMILES string of the molecule is CC1CCC(C(C)(C)O[C@@H](O)C(C)C(C)(C)C)CC1. The molecule has 0 amide bonds. The van der Waals surface area contributed by atoms with Crippen molar-refractivity contribution in [1.29, 1.82) is 0 Å². The number of hydrogen-bond acceptors (Lipinski definition) is 2. The van der Waals surface area contributed by atoms with E-state index in [1.165, 1.54) is 25.7 Å². The number of rotatable bonds is 4. The van der Waals surface area contributed by atoms with Gasteiger partial charge in [0.2, 0.25) is 0 Å². The molecule has 2 nitrogen and oxygen atoms in total. The molecular weight excluding hydrogens is 236 g/mol. The van der Waals surface area contributed by atoms with E-state index in [9.17, 15) is 5.11 Å². The molecule has 1 N–H and O–H groups in total. The third kappa shape index (κ3) is 4.75. The predicted octanol–water partition coefficient (Wildman–Crippen LogP) is 4.61. The molecule has 0 aliphatic heterocycles. The van der Waals surface area contributed by atoms with Crippen LogP contribution in [0.15, 0.2) is 0 Å². The fraction of sp³-hybridized carbons (Fsp3) is 1.00. The van der Waals surface area contributed by atoms with Crippen molar-refractivity contribution in [3.8, 4) is 0 Å². The van der Waals surface area contributed by atoms with Gasteiger partial charge in [-0.05, 0) is 43.9 Å². The lowest BCUT2D eigenvalue weighted by atomic mass is 9.75. The molecule has 0 radical (unpaired) electrons. The highest BCUT2D eigenvalue weighted by Gasteiger charge is 2.37. The van der Waals surface area contributed by atoms with Gasteiger partial charge in [-0.1, -0.05) is 47.5 Å². The van der Waals surface area contributed by atoms with Crippen molar-refractivity contribution in [1.82, 2.24) is 0 Å². The van der Waals surface area contributed by atoms with Crippen LogP contribution in [0.4, 0.5) is 0 Å². The third-order valence-electron chi connectivity index (χ3n) is 5.22. The van der Waals surface area contributed by atoms with Gasteiger partial charge in [0.05, 0.1) is 5.60 Å². The van der Waals surface area contributed by atoms with Gasteiger partial charge < -0.3 is 9.84 Å². The number of ether oxygens (including phenoxy) is 1. The van der Waals surface area contributed by atoms with Crippen molar-refractivity contribution in [2.24, 2.45) is 23.2 Å². The summed E-state index contributed by atoms with van der Waals surface area (Å²) in [7, 11) is 0. The van der Waals surface area contributed by atoms with E-state index in [-0.39, 0.29) is 16.9 Å². The average Bonchev–Trinajstić information content (AvgIpc) is 2.26. The van der Waals surface area contributed by atoms with E-state index in [0.717, 1.165) is 5.92 Å². The van der Waals surface area contributed by atoms with Crippen LogP contribution in [-0.4, -0.2) is 17.0 Å². The molecule has 1 aliphatic carbocycles. The Morgan fingerprint density at radius 2 is 1.47 bits per heavy atom. The zero-order chi connectivity index (χ0) is 14.8. The minimum absolute atomic E-state index is 0.0660. The second-order valence-electron chi connectivity index (χ2n) is 8.22. The smallest absolute Gasteiger partial charge is 0.158 e. The lowest BCUT2D eigenvalue weighted by molar-refractivity contribution is -0.228. The molecule has 1 unspecified atom stereocenters. The summed E-state index contributed by atoms with van der Waals surface area (Å²) in [4.78, 5) is 0. The number of hydrogen-bond donors (Lipinski definition) is 1. The molecule has 1 rings (SSSR count). The minimum Gasteiger partial charge on any atom is -0.368 e. The Hall–Kier alpha value is -0.0800. The summed E-state index contributed by atoms with van der Waals surface area (Å²) in [6, 6.07) is 0. The van der Waals surface area contributed by atoms with Crippen LogP contribution in [0.2, 0.25) is 0 Å². The molecule has 0 saturated heterocycles. The summed E-state index contributed by atoms with van der Waals surface area (Å²) in [6.45, 7) is 15.2. The van der Waals surface area contributed by atoms with Gasteiger partial charge in [-0.3, -0.25) is 0 Å². The molecular formula is C17H34O2. The highest BCUT2D eigenvalue weighted by Crippen LogP contribution is 2.39. The van der Waals surface area contributed by atoms with Gasteiger partial charge in [0.15, 0.2) is 6.29 Å². The van der Waals surface area contributed by atoms with Crippen LogP contribution in [0.3, 0.4) is 0 Å². The second kappa shape index (κ2) is 6.13. The first-order valence-electron chi connectivity index (χ1n) is 7.90. The largest absolute Gasteiger partial charge is 0.368 e. The zero-order valence-electron chi connectivity index (χ0n) is 14.0. The Morgan fingerprint density at radius 3 is 1.89 bits per heavy atom. The van der Waals surface area contributed by atoms with Crippen LogP contribution in [0.5, 0.6) is 0 Å². The molecule has 2 atom stereocenters. The normalized spacial score (nSPS) is 29.1. The van der Waals surface area contributed by atoms with Crippen LogP contribution in [0.1, 0.15) is 74.1 Å². The third-order valence-corrected chi connectivity index (χ3v) is 5.22. The molecule has 0 heterocycles. The maximum absolute atomic E-state index is 10.3. The van der Waals surface area contributed by atoms with Gasteiger partial charge in [0.1, 0.15) is 0 Å². The summed E-state index contributed by atoms with van der Waals surface area (Å²) in [6.07, 6.45) is 4.37. The van der Waals surface area contributed by atoms with Crippen LogP contribution in [0, 0.1) is 23.2 Å². The number of aliphatic hydroxyl groups is 1. The highest BCUT2D eigenvalue weighted by molar-refractivity contribution is 4.85. The Balaban J connectivity index is 2.58. The van der Waals surface area contributed by atoms with Gasteiger partial charge in [0, 0.05) is 5.92 Å². The van der Waals surface area contributed by atoms with Crippen LogP contribution in [0.25, 0.3) is 0 Å². The first kappa shape index (κ1) is 17.0. The zero-order valence-corrected chi connectivity index (χ0v) is 14.0. The van der Waals surface area contributed by atoms with Crippen LogP contribution in [-0.2, 0) is 4.74 Å². The maximum Gasteiger partial charge on any atom is 0.158 e. The topological polar surface area (TPSA) is 29.5 Å². The molecule has 19 heavy (non-hydrogen) atoms. The number of aliphatic hydroxyl groups excluding tert-OH is 1. The summed E-state index contributed by atoms with van der Waals surface area (Å²) in [5.41, 5.74) is -0.157. The summed E-state index contributed by atoms with van der Waals surface area (Å²) >= 11 is 0. The molecule has 1 aliphatic rings. The molecule has 0 aromatic rings. The van der Waals surface area contributed by atoms with Crippen LogP contribution >= 0.6 is 0 Å². The van der Waals surface area contributed by atoms with Gasteiger partial charge >= 0.3 is 0 Å². The second-order valence-corrected chi connectivity index (χ2v) is 8.22. The molecule has 2 heteroatoms. The fourth-order valence-corrected chi connectivity index (χ4v) is 2.89. The Bertz CT molecular complexity index is 269. The standard InChI is InChI=1S/C17H34O2/c1-12-8-10-14(11-9-12)17(6,7)19-15(18)13(2)16(3,4)5/h12-15,18H,8-11H2,1-7H3/t12?,13?,14?,15-/m1/s1. The molecule has 0 aromatic carbocycles. The Kier molecular flexibility index (Phi) is 5.48. The van der Waals surface area contributed by atoms with E-state index in [1.807, 2.05) is 0 Å². The first-order chi connectivity index (χ1) is 8.54. The van der Waals surface area contributed by atoms with E-state index in [2.05, 4.69) is 48.5 Å². The molecule has 0 aromatic heterocycles. The monoisotopic (exact) mass is 270 g/mol. The van der Waals surface area contributed by atoms with Gasteiger partial charge in [-0.15, -0.1) is 0 Å². The van der Waals surface area contributed by atoms with E-state index in [1.54, 1.807) is 0 Å². The fourth-order valence-electron chi connectivity index (χ4n) is 2.89. The van der Waals surface area contributed by atoms with Crippen molar-refractivity contribution in [3.05, 3.63) is 0 Å². The molecule has 114 valence electrons. The average molecular weight is 270 g/mol. The van der Waals surface area contributed by atoms with Crippen LogP contribution < -0.4 is 0 Å². The summed E-state index contributed by atoms with van der Waals surface area (Å²) < 4.78 is 6.06. The van der Waals surface area contributed by atoms with Crippen molar-refractivity contribution < 1.29 is 9.84 Å². The van der Waals surface area contributed by atoms with E-state index in [0.29, 0.717) is 5.92 Å².